The summed E-state index contributed by atoms with van der Waals surface area (Å²) in [5.41, 5.74) is 4.34. The predicted octanol–water partition coefficient (Wildman–Crippen LogP) is 5.97. The number of carbonyl (C=O) groups excluding carboxylic acids is 1. The summed E-state index contributed by atoms with van der Waals surface area (Å²) in [4.78, 5) is 21.6. The maximum Gasteiger partial charge on any atom is 0.259 e. The summed E-state index contributed by atoms with van der Waals surface area (Å²) in [5.74, 6) is 2.07. The average Bonchev–Trinajstić information content (AvgIpc) is 3.24. The van der Waals surface area contributed by atoms with Gasteiger partial charge < -0.3 is 24.4 Å². The minimum absolute atomic E-state index is 0.133. The molecule has 0 radical (unpaired) electrons. The quantitative estimate of drug-likeness (QED) is 0.381. The van der Waals surface area contributed by atoms with Gasteiger partial charge in [-0.25, -0.2) is 4.99 Å². The van der Waals surface area contributed by atoms with E-state index in [1.165, 1.54) is 4.88 Å². The third-order valence-electron chi connectivity index (χ3n) is 6.42. The van der Waals surface area contributed by atoms with E-state index in [0.717, 1.165) is 41.8 Å². The summed E-state index contributed by atoms with van der Waals surface area (Å²) in [6.45, 7) is 2.26. The van der Waals surface area contributed by atoms with Gasteiger partial charge in [0.15, 0.2) is 11.5 Å². The maximum atomic E-state index is 13.5. The molecule has 4 rings (SSSR count). The molecule has 1 aliphatic carbocycles. The normalized spacial score (nSPS) is 14.9. The van der Waals surface area contributed by atoms with Crippen molar-refractivity contribution < 1.29 is 19.0 Å². The zero-order valence-electron chi connectivity index (χ0n) is 21.7. The molecule has 1 unspecified atom stereocenters. The number of nitrogens with zero attached hydrogens (tertiary/aromatic N) is 2. The van der Waals surface area contributed by atoms with Crippen molar-refractivity contribution in [2.45, 2.75) is 26.2 Å². The van der Waals surface area contributed by atoms with Crippen LogP contribution in [0.2, 0.25) is 0 Å². The van der Waals surface area contributed by atoms with E-state index >= 15 is 0 Å². The number of hydrogen-bond acceptors (Lipinski definition) is 7. The molecule has 1 amide bonds. The number of rotatable bonds is 8. The van der Waals surface area contributed by atoms with Crippen LogP contribution in [0.15, 0.2) is 41.4 Å². The molecular weight excluding hydrogens is 474 g/mol. The Morgan fingerprint density at radius 3 is 2.42 bits per heavy atom. The average molecular weight is 508 g/mol. The van der Waals surface area contributed by atoms with Crippen molar-refractivity contribution in [3.63, 3.8) is 0 Å². The van der Waals surface area contributed by atoms with E-state index in [0.29, 0.717) is 33.7 Å². The van der Waals surface area contributed by atoms with Crippen molar-refractivity contribution in [3.05, 3.63) is 58.0 Å². The maximum absolute atomic E-state index is 13.5. The number of carbonyl (C=O) groups is 1. The Kier molecular flexibility index (Phi) is 7.84. The van der Waals surface area contributed by atoms with Gasteiger partial charge in [0.2, 0.25) is 5.75 Å². The summed E-state index contributed by atoms with van der Waals surface area (Å²) in [6.07, 6.45) is 4.63. The molecule has 8 heteroatoms. The number of fused-ring (bicyclic) bond motifs is 1. The van der Waals surface area contributed by atoms with Crippen molar-refractivity contribution in [1.82, 2.24) is 0 Å². The Morgan fingerprint density at radius 1 is 1.06 bits per heavy atom. The van der Waals surface area contributed by atoms with Crippen LogP contribution in [-0.4, -0.2) is 47.5 Å². The fourth-order valence-electron chi connectivity index (χ4n) is 4.45. The molecule has 3 aromatic rings. The smallest absolute Gasteiger partial charge is 0.259 e. The SMILES string of the molecule is COc1ccc(C=Nc2sc3c(c2C(=O)Nc2ccc(N(C)C)cc2)CCC(C)C3)c(OC)c1OC. The highest BCUT2D eigenvalue weighted by molar-refractivity contribution is 7.16. The van der Waals surface area contributed by atoms with Crippen molar-refractivity contribution in [1.29, 1.82) is 0 Å². The highest BCUT2D eigenvalue weighted by Gasteiger charge is 2.27. The lowest BCUT2D eigenvalue weighted by Crippen LogP contribution is -2.17. The first-order valence-corrected chi connectivity index (χ1v) is 12.7. The first-order valence-electron chi connectivity index (χ1n) is 11.9. The Labute approximate surface area is 216 Å². The second kappa shape index (κ2) is 11.0. The molecular formula is C28H33N3O4S. The number of amides is 1. The van der Waals surface area contributed by atoms with Crippen LogP contribution < -0.4 is 24.4 Å². The van der Waals surface area contributed by atoms with Gasteiger partial charge in [-0.15, -0.1) is 11.3 Å². The first kappa shape index (κ1) is 25.6. The number of thiophene rings is 1. The number of hydrogen-bond donors (Lipinski definition) is 1. The summed E-state index contributed by atoms with van der Waals surface area (Å²) in [6, 6.07) is 11.5. The van der Waals surface area contributed by atoms with E-state index in [1.54, 1.807) is 38.9 Å². The largest absolute Gasteiger partial charge is 0.493 e. The monoisotopic (exact) mass is 507 g/mol. The van der Waals surface area contributed by atoms with Crippen LogP contribution >= 0.6 is 11.3 Å². The molecule has 0 spiro atoms. The van der Waals surface area contributed by atoms with E-state index in [-0.39, 0.29) is 5.91 Å². The molecule has 2 aromatic carbocycles. The van der Waals surface area contributed by atoms with Crippen molar-refractivity contribution in [2.75, 3.05) is 45.6 Å². The zero-order valence-corrected chi connectivity index (χ0v) is 22.5. The van der Waals surface area contributed by atoms with Gasteiger partial charge in [0, 0.05) is 42.1 Å². The Bertz CT molecular complexity index is 1260. The summed E-state index contributed by atoms with van der Waals surface area (Å²) < 4.78 is 16.5. The van der Waals surface area contributed by atoms with Crippen LogP contribution in [0, 0.1) is 5.92 Å². The van der Waals surface area contributed by atoms with Gasteiger partial charge in [-0.1, -0.05) is 6.92 Å². The first-order chi connectivity index (χ1) is 17.4. The number of nitrogens with one attached hydrogen (secondary N) is 1. The standard InChI is InChI=1S/C28H33N3O4S/c1-17-7-13-21-23(15-17)36-28(24(21)27(32)30-19-9-11-20(12-10-19)31(2)3)29-16-18-8-14-22(33-4)26(35-6)25(18)34-5/h8-12,14,16-17H,7,13,15H2,1-6H3,(H,30,32). The molecule has 0 saturated carbocycles. The Morgan fingerprint density at radius 2 is 1.78 bits per heavy atom. The number of ether oxygens (including phenoxy) is 3. The zero-order chi connectivity index (χ0) is 25.8. The summed E-state index contributed by atoms with van der Waals surface area (Å²) in [7, 11) is 8.72. The van der Waals surface area contributed by atoms with E-state index in [2.05, 4.69) is 12.2 Å². The van der Waals surface area contributed by atoms with Crippen molar-refractivity contribution in [2.24, 2.45) is 10.9 Å². The van der Waals surface area contributed by atoms with Crippen molar-refractivity contribution >= 4 is 39.8 Å². The predicted molar refractivity (Wildman–Crippen MR) is 148 cm³/mol. The third-order valence-corrected chi connectivity index (χ3v) is 7.58. The number of anilines is 2. The van der Waals surface area contributed by atoms with Crippen LogP contribution in [0.3, 0.4) is 0 Å². The van der Waals surface area contributed by atoms with Gasteiger partial charge in [-0.3, -0.25) is 4.79 Å². The molecule has 0 saturated heterocycles. The minimum atomic E-state index is -0.133. The van der Waals surface area contributed by atoms with Gasteiger partial charge in [-0.05, 0) is 67.1 Å². The number of methoxy groups -OCH3 is 3. The molecule has 36 heavy (non-hydrogen) atoms. The lowest BCUT2D eigenvalue weighted by Gasteiger charge is -2.18. The van der Waals surface area contributed by atoms with E-state index < -0.39 is 0 Å². The second-order valence-corrected chi connectivity index (χ2v) is 10.2. The van der Waals surface area contributed by atoms with Gasteiger partial charge in [0.05, 0.1) is 26.9 Å². The summed E-state index contributed by atoms with van der Waals surface area (Å²) in [5, 5.41) is 3.78. The summed E-state index contributed by atoms with van der Waals surface area (Å²) >= 11 is 1.60. The van der Waals surface area contributed by atoms with Gasteiger partial charge in [-0.2, -0.15) is 0 Å². The molecule has 1 aliphatic rings. The Balaban J connectivity index is 1.70. The fraction of sp³-hybridized carbons (Fsp3) is 0.357. The van der Waals surface area contributed by atoms with Gasteiger partial charge in [0.1, 0.15) is 5.00 Å². The van der Waals surface area contributed by atoms with E-state index in [4.69, 9.17) is 19.2 Å². The van der Waals surface area contributed by atoms with Gasteiger partial charge >= 0.3 is 0 Å². The molecule has 1 aromatic heterocycles. The number of benzene rings is 2. The van der Waals surface area contributed by atoms with Crippen LogP contribution in [0.1, 0.15) is 39.7 Å². The van der Waals surface area contributed by atoms with Crippen molar-refractivity contribution in [3.8, 4) is 17.2 Å². The lowest BCUT2D eigenvalue weighted by atomic mass is 9.88. The highest BCUT2D eigenvalue weighted by atomic mass is 32.1. The second-order valence-electron chi connectivity index (χ2n) is 9.11. The highest BCUT2D eigenvalue weighted by Crippen LogP contribution is 2.43. The van der Waals surface area contributed by atoms with Crippen LogP contribution in [-0.2, 0) is 12.8 Å². The Hall–Kier alpha value is -3.52. The van der Waals surface area contributed by atoms with Crippen LogP contribution in [0.5, 0.6) is 17.2 Å². The third kappa shape index (κ3) is 5.18. The van der Waals surface area contributed by atoms with Gasteiger partial charge in [0.25, 0.3) is 5.91 Å². The van der Waals surface area contributed by atoms with E-state index in [9.17, 15) is 4.79 Å². The molecule has 1 atom stereocenters. The minimum Gasteiger partial charge on any atom is -0.493 e. The molecule has 1 N–H and O–H groups in total. The molecule has 7 nitrogen and oxygen atoms in total. The molecule has 0 bridgehead atoms. The molecule has 190 valence electrons. The number of aliphatic imine (C=N–C) groups is 1. The molecule has 0 fully saturated rings. The fourth-order valence-corrected chi connectivity index (χ4v) is 5.80. The van der Waals surface area contributed by atoms with Crippen LogP contribution in [0.4, 0.5) is 16.4 Å². The van der Waals surface area contributed by atoms with Crippen LogP contribution in [0.25, 0.3) is 0 Å². The molecule has 1 heterocycles. The van der Waals surface area contributed by atoms with E-state index in [1.807, 2.05) is 55.4 Å². The molecule has 0 aliphatic heterocycles. The topological polar surface area (TPSA) is 72.4 Å². The lowest BCUT2D eigenvalue weighted by molar-refractivity contribution is 0.102.